The molecule has 0 amide bonds. The molecule has 0 aliphatic carbocycles. The van der Waals surface area contributed by atoms with Crippen LogP contribution in [0.2, 0.25) is 0 Å². The van der Waals surface area contributed by atoms with Crippen molar-refractivity contribution in [1.82, 2.24) is 0 Å². The van der Waals surface area contributed by atoms with Crippen LogP contribution < -0.4 is 4.74 Å². The highest BCUT2D eigenvalue weighted by molar-refractivity contribution is 7.09. The molecule has 3 heteroatoms. The standard InChI is InChI=1S/C16H18O2S/c1-18-16-10-3-2-6-13(16)12-14(17)7-4-8-15-9-5-11-19-15/h2-3,5-6,9-11H,4,7-8,12H2,1H3. The van der Waals surface area contributed by atoms with Crippen LogP contribution in [0.3, 0.4) is 0 Å². The molecule has 1 aromatic heterocycles. The Morgan fingerprint density at radius 2 is 2.05 bits per heavy atom. The van der Waals surface area contributed by atoms with Gasteiger partial charge in [-0.15, -0.1) is 11.3 Å². The number of carbonyl (C=O) groups excluding carboxylic acids is 1. The van der Waals surface area contributed by atoms with Crippen LogP contribution in [0.1, 0.15) is 23.3 Å². The van der Waals surface area contributed by atoms with Gasteiger partial charge in [0.05, 0.1) is 7.11 Å². The lowest BCUT2D eigenvalue weighted by Gasteiger charge is -2.07. The average Bonchev–Trinajstić information content (AvgIpc) is 2.92. The van der Waals surface area contributed by atoms with Crippen molar-refractivity contribution in [2.75, 3.05) is 7.11 Å². The molecule has 100 valence electrons. The summed E-state index contributed by atoms with van der Waals surface area (Å²) in [6.45, 7) is 0. The third-order valence-corrected chi connectivity index (χ3v) is 3.98. The number of benzene rings is 1. The topological polar surface area (TPSA) is 26.3 Å². The van der Waals surface area contributed by atoms with Crippen molar-refractivity contribution in [1.29, 1.82) is 0 Å². The maximum absolute atomic E-state index is 12.0. The van der Waals surface area contributed by atoms with Crippen molar-refractivity contribution in [2.24, 2.45) is 0 Å². The monoisotopic (exact) mass is 274 g/mol. The van der Waals surface area contributed by atoms with Gasteiger partial charge in [-0.1, -0.05) is 24.3 Å². The number of carbonyl (C=O) groups is 1. The van der Waals surface area contributed by atoms with Gasteiger partial charge in [0.25, 0.3) is 0 Å². The van der Waals surface area contributed by atoms with E-state index in [-0.39, 0.29) is 5.78 Å². The van der Waals surface area contributed by atoms with Gasteiger partial charge in [0, 0.05) is 23.3 Å². The number of hydrogen-bond donors (Lipinski definition) is 0. The number of hydrogen-bond acceptors (Lipinski definition) is 3. The first-order valence-electron chi connectivity index (χ1n) is 6.45. The van der Waals surface area contributed by atoms with Gasteiger partial charge in [-0.25, -0.2) is 0 Å². The highest BCUT2D eigenvalue weighted by Gasteiger charge is 2.08. The maximum atomic E-state index is 12.0. The summed E-state index contributed by atoms with van der Waals surface area (Å²) < 4.78 is 5.26. The molecule has 0 saturated carbocycles. The molecular weight excluding hydrogens is 256 g/mol. The predicted molar refractivity (Wildman–Crippen MR) is 79.0 cm³/mol. The molecule has 0 unspecified atom stereocenters. The number of methoxy groups -OCH3 is 1. The normalized spacial score (nSPS) is 10.4. The van der Waals surface area contributed by atoms with E-state index in [0.717, 1.165) is 24.2 Å². The molecule has 1 heterocycles. The Morgan fingerprint density at radius 1 is 1.21 bits per heavy atom. The van der Waals surface area contributed by atoms with Gasteiger partial charge in [0.1, 0.15) is 11.5 Å². The smallest absolute Gasteiger partial charge is 0.137 e. The van der Waals surface area contributed by atoms with Crippen LogP contribution >= 0.6 is 11.3 Å². The number of thiophene rings is 1. The summed E-state index contributed by atoms with van der Waals surface area (Å²) in [6, 6.07) is 11.9. The Kier molecular flexibility index (Phi) is 5.16. The van der Waals surface area contributed by atoms with Crippen LogP contribution in [0.25, 0.3) is 0 Å². The zero-order valence-corrected chi connectivity index (χ0v) is 11.9. The van der Waals surface area contributed by atoms with Crippen LogP contribution in [0.4, 0.5) is 0 Å². The first kappa shape index (κ1) is 13.8. The van der Waals surface area contributed by atoms with E-state index in [1.807, 2.05) is 24.3 Å². The van der Waals surface area contributed by atoms with Crippen LogP contribution in [0.5, 0.6) is 5.75 Å². The molecule has 2 aromatic rings. The predicted octanol–water partition coefficient (Wildman–Crippen LogP) is 3.89. The molecule has 2 nitrogen and oxygen atoms in total. The average molecular weight is 274 g/mol. The van der Waals surface area contributed by atoms with Crippen molar-refractivity contribution in [3.63, 3.8) is 0 Å². The van der Waals surface area contributed by atoms with Gasteiger partial charge >= 0.3 is 0 Å². The van der Waals surface area contributed by atoms with Crippen LogP contribution in [-0.4, -0.2) is 12.9 Å². The zero-order chi connectivity index (χ0) is 13.5. The second-order valence-electron chi connectivity index (χ2n) is 4.46. The molecule has 0 bridgehead atoms. The van der Waals surface area contributed by atoms with Crippen molar-refractivity contribution < 1.29 is 9.53 Å². The molecule has 1 aromatic carbocycles. The molecule has 0 N–H and O–H groups in total. The third-order valence-electron chi connectivity index (χ3n) is 3.04. The molecule has 0 aliphatic rings. The van der Waals surface area contributed by atoms with Gasteiger partial charge in [-0.05, 0) is 30.4 Å². The lowest BCUT2D eigenvalue weighted by atomic mass is 10.0. The van der Waals surface area contributed by atoms with Crippen molar-refractivity contribution in [3.05, 3.63) is 52.2 Å². The maximum Gasteiger partial charge on any atom is 0.137 e. The number of para-hydroxylation sites is 1. The van der Waals surface area contributed by atoms with Gasteiger partial charge < -0.3 is 4.74 Å². The number of ketones is 1. The first-order chi connectivity index (χ1) is 9.29. The Balaban J connectivity index is 1.80. The second kappa shape index (κ2) is 7.10. The summed E-state index contributed by atoms with van der Waals surface area (Å²) in [7, 11) is 1.64. The Bertz CT molecular complexity index is 517. The van der Waals surface area contributed by atoms with Crippen LogP contribution in [-0.2, 0) is 17.6 Å². The minimum absolute atomic E-state index is 0.279. The van der Waals surface area contributed by atoms with E-state index in [4.69, 9.17) is 4.74 Å². The van der Waals surface area contributed by atoms with Crippen LogP contribution in [0, 0.1) is 0 Å². The van der Waals surface area contributed by atoms with E-state index in [2.05, 4.69) is 17.5 Å². The SMILES string of the molecule is COc1ccccc1CC(=O)CCCc1cccs1. The molecule has 0 atom stereocenters. The van der Waals surface area contributed by atoms with Crippen LogP contribution in [0.15, 0.2) is 41.8 Å². The van der Waals surface area contributed by atoms with Crippen molar-refractivity contribution in [2.45, 2.75) is 25.7 Å². The summed E-state index contributed by atoms with van der Waals surface area (Å²) in [4.78, 5) is 13.3. The molecule has 0 aliphatic heterocycles. The minimum atomic E-state index is 0.279. The molecule has 0 saturated heterocycles. The van der Waals surface area contributed by atoms with Gasteiger partial charge in [0.2, 0.25) is 0 Å². The van der Waals surface area contributed by atoms with E-state index in [1.54, 1.807) is 18.4 Å². The van der Waals surface area contributed by atoms with Gasteiger partial charge in [-0.2, -0.15) is 0 Å². The van der Waals surface area contributed by atoms with E-state index in [0.29, 0.717) is 12.8 Å². The lowest BCUT2D eigenvalue weighted by Crippen LogP contribution is -2.04. The minimum Gasteiger partial charge on any atom is -0.496 e. The fourth-order valence-corrected chi connectivity index (χ4v) is 2.82. The quantitative estimate of drug-likeness (QED) is 0.765. The fraction of sp³-hybridized carbons (Fsp3) is 0.312. The Hall–Kier alpha value is -1.61. The van der Waals surface area contributed by atoms with Crippen molar-refractivity contribution in [3.8, 4) is 5.75 Å². The molecule has 0 fully saturated rings. The summed E-state index contributed by atoms with van der Waals surface area (Å²) in [5.41, 5.74) is 0.978. The lowest BCUT2D eigenvalue weighted by molar-refractivity contribution is -0.118. The Morgan fingerprint density at radius 3 is 2.79 bits per heavy atom. The van der Waals surface area contributed by atoms with Gasteiger partial charge in [0.15, 0.2) is 0 Å². The van der Waals surface area contributed by atoms with E-state index in [1.165, 1.54) is 4.88 Å². The third kappa shape index (κ3) is 4.21. The largest absolute Gasteiger partial charge is 0.496 e. The molecule has 19 heavy (non-hydrogen) atoms. The Labute approximate surface area is 118 Å². The number of Topliss-reactive ketones (excluding diaryl/α,β-unsaturated/α-hetero) is 1. The highest BCUT2D eigenvalue weighted by Crippen LogP contribution is 2.19. The fourth-order valence-electron chi connectivity index (χ4n) is 2.06. The highest BCUT2D eigenvalue weighted by atomic mass is 32.1. The van der Waals surface area contributed by atoms with Crippen molar-refractivity contribution >= 4 is 17.1 Å². The summed E-state index contributed by atoms with van der Waals surface area (Å²) in [5, 5.41) is 2.08. The second-order valence-corrected chi connectivity index (χ2v) is 5.49. The zero-order valence-electron chi connectivity index (χ0n) is 11.1. The summed E-state index contributed by atoms with van der Waals surface area (Å²) in [5.74, 6) is 1.08. The van der Waals surface area contributed by atoms with Gasteiger partial charge in [-0.3, -0.25) is 4.79 Å². The number of aryl methyl sites for hydroxylation is 1. The molecular formula is C16H18O2S. The molecule has 2 rings (SSSR count). The first-order valence-corrected chi connectivity index (χ1v) is 7.33. The number of ether oxygens (including phenoxy) is 1. The molecule has 0 radical (unpaired) electrons. The molecule has 0 spiro atoms. The number of rotatable bonds is 7. The summed E-state index contributed by atoms with van der Waals surface area (Å²) >= 11 is 1.75. The summed E-state index contributed by atoms with van der Waals surface area (Å²) in [6.07, 6.45) is 3.02. The van der Waals surface area contributed by atoms with E-state index < -0.39 is 0 Å². The van der Waals surface area contributed by atoms with E-state index in [9.17, 15) is 4.79 Å². The van der Waals surface area contributed by atoms with E-state index >= 15 is 0 Å².